The zero-order chi connectivity index (χ0) is 11.2. The monoisotopic (exact) mass is 419 g/mol. The number of hydrogen-bond donors (Lipinski definition) is 0. The van der Waals surface area contributed by atoms with E-state index in [1.807, 2.05) is 22.6 Å². The first-order valence-electron chi connectivity index (χ1n) is 3.80. The highest BCUT2D eigenvalue weighted by Gasteiger charge is 2.13. The molecule has 2 aromatic rings. The number of hydrogen-bond acceptors (Lipinski definition) is 1. The second-order valence-electron chi connectivity index (χ2n) is 2.81. The van der Waals surface area contributed by atoms with Gasteiger partial charge in [0.1, 0.15) is 10.7 Å². The quantitative estimate of drug-likeness (QED) is 0.330. The molecule has 0 aliphatic heterocycles. The van der Waals surface area contributed by atoms with Crippen molar-refractivity contribution in [2.45, 2.75) is 0 Å². The fraction of sp³-hybridized carbons (Fsp3) is 0. The van der Waals surface area contributed by atoms with E-state index in [4.69, 9.17) is 23.2 Å². The van der Waals surface area contributed by atoms with Crippen molar-refractivity contribution in [3.63, 3.8) is 0 Å². The second kappa shape index (κ2) is 4.31. The molecule has 1 aromatic carbocycles. The molecule has 0 N–H and O–H groups in total. The third kappa shape index (κ3) is 2.09. The summed E-state index contributed by atoms with van der Waals surface area (Å²) in [6.07, 6.45) is 0. The first kappa shape index (κ1) is 11.8. The number of halogens is 5. The van der Waals surface area contributed by atoms with Gasteiger partial charge in [-0.2, -0.15) is 0 Å². The maximum atomic E-state index is 13.8. The molecule has 78 valence electrons. The molecule has 15 heavy (non-hydrogen) atoms. The van der Waals surface area contributed by atoms with E-state index in [-0.39, 0.29) is 10.7 Å². The minimum atomic E-state index is -0.443. The topological polar surface area (TPSA) is 12.9 Å². The van der Waals surface area contributed by atoms with Gasteiger partial charge in [-0.25, -0.2) is 9.37 Å². The smallest absolute Gasteiger partial charge is 0.164 e. The molecule has 0 aliphatic rings. The van der Waals surface area contributed by atoms with Gasteiger partial charge in [0, 0.05) is 8.96 Å². The molecule has 0 radical (unpaired) electrons. The number of nitrogens with zero attached hydrogens (tertiary/aromatic N) is 1. The van der Waals surface area contributed by atoms with Gasteiger partial charge in [0.25, 0.3) is 0 Å². The molecular formula is C9H2BrCl2FIN. The number of rotatable bonds is 0. The largest absolute Gasteiger partial charge is 0.233 e. The van der Waals surface area contributed by atoms with Crippen LogP contribution in [0.1, 0.15) is 0 Å². The van der Waals surface area contributed by atoms with Crippen LogP contribution in [0.2, 0.25) is 10.2 Å². The van der Waals surface area contributed by atoms with Crippen LogP contribution in [-0.2, 0) is 0 Å². The van der Waals surface area contributed by atoms with Crippen LogP contribution in [-0.4, -0.2) is 4.98 Å². The molecule has 1 nitrogen and oxygen atoms in total. The van der Waals surface area contributed by atoms with Crippen molar-refractivity contribution in [2.24, 2.45) is 0 Å². The molecule has 0 saturated carbocycles. The van der Waals surface area contributed by atoms with E-state index in [0.29, 0.717) is 14.9 Å². The van der Waals surface area contributed by atoms with E-state index < -0.39 is 5.82 Å². The summed E-state index contributed by atoms with van der Waals surface area (Å²) in [5, 5.41) is 1.14. The second-order valence-corrected chi connectivity index (χ2v) is 5.56. The van der Waals surface area contributed by atoms with Gasteiger partial charge in [0.05, 0.1) is 9.50 Å². The fourth-order valence-electron chi connectivity index (χ4n) is 1.20. The first-order chi connectivity index (χ1) is 7.00. The molecular weight excluding hydrogens is 419 g/mol. The van der Waals surface area contributed by atoms with E-state index in [1.54, 1.807) is 6.07 Å². The molecule has 6 heteroatoms. The molecule has 2 rings (SSSR count). The van der Waals surface area contributed by atoms with Crippen molar-refractivity contribution < 1.29 is 4.39 Å². The summed E-state index contributed by atoms with van der Waals surface area (Å²) in [6.45, 7) is 0. The van der Waals surface area contributed by atoms with Crippen LogP contribution in [0.3, 0.4) is 0 Å². The summed E-state index contributed by atoms with van der Waals surface area (Å²) in [7, 11) is 0. The van der Waals surface area contributed by atoms with E-state index in [0.717, 1.165) is 3.57 Å². The van der Waals surface area contributed by atoms with Crippen LogP contribution >= 0.6 is 61.7 Å². The van der Waals surface area contributed by atoms with E-state index in [2.05, 4.69) is 20.9 Å². The summed E-state index contributed by atoms with van der Waals surface area (Å²) < 4.78 is 14.9. The Balaban J connectivity index is 2.98. The minimum Gasteiger partial charge on any atom is -0.233 e. The van der Waals surface area contributed by atoms with Crippen molar-refractivity contribution in [1.82, 2.24) is 4.98 Å². The average Bonchev–Trinajstić information content (AvgIpc) is 2.17. The third-order valence-electron chi connectivity index (χ3n) is 1.86. The van der Waals surface area contributed by atoms with E-state index >= 15 is 0 Å². The number of fused-ring (bicyclic) bond motifs is 1. The summed E-state index contributed by atoms with van der Waals surface area (Å²) in [5.74, 6) is -0.443. The highest BCUT2D eigenvalue weighted by atomic mass is 127. The van der Waals surface area contributed by atoms with Gasteiger partial charge in [0.2, 0.25) is 0 Å². The van der Waals surface area contributed by atoms with E-state index in [1.165, 1.54) is 6.07 Å². The maximum absolute atomic E-state index is 13.8. The zero-order valence-electron chi connectivity index (χ0n) is 6.99. The minimum absolute atomic E-state index is 0.180. The molecule has 0 spiro atoms. The number of benzene rings is 1. The average molecular weight is 421 g/mol. The Bertz CT molecular complexity index is 562. The molecule has 0 saturated heterocycles. The van der Waals surface area contributed by atoms with Gasteiger partial charge >= 0.3 is 0 Å². The Labute approximate surface area is 117 Å². The molecule has 0 amide bonds. The lowest BCUT2D eigenvalue weighted by Gasteiger charge is -2.05. The molecule has 0 fully saturated rings. The van der Waals surface area contributed by atoms with Gasteiger partial charge < -0.3 is 0 Å². The Morgan fingerprint density at radius 1 is 1.33 bits per heavy atom. The van der Waals surface area contributed by atoms with Crippen molar-refractivity contribution in [1.29, 1.82) is 0 Å². The van der Waals surface area contributed by atoms with Crippen LogP contribution in [0.5, 0.6) is 0 Å². The van der Waals surface area contributed by atoms with E-state index in [9.17, 15) is 4.39 Å². The molecule has 0 aliphatic carbocycles. The SMILES string of the molecule is Fc1c(Br)c(I)cc2c(Cl)cc(Cl)nc12. The summed E-state index contributed by atoms with van der Waals surface area (Å²) in [6, 6.07) is 3.25. The lowest BCUT2D eigenvalue weighted by molar-refractivity contribution is 0.629. The lowest BCUT2D eigenvalue weighted by Crippen LogP contribution is -1.90. The lowest BCUT2D eigenvalue weighted by atomic mass is 10.2. The van der Waals surface area contributed by atoms with Gasteiger partial charge in [-0.05, 0) is 50.7 Å². The van der Waals surface area contributed by atoms with Crippen molar-refractivity contribution in [3.05, 3.63) is 36.2 Å². The summed E-state index contributed by atoms with van der Waals surface area (Å²) >= 11 is 16.8. The van der Waals surface area contributed by atoms with Crippen LogP contribution in [0.15, 0.2) is 16.6 Å². The van der Waals surface area contributed by atoms with Crippen molar-refractivity contribution in [2.75, 3.05) is 0 Å². The number of aromatic nitrogens is 1. The Kier molecular flexibility index (Phi) is 3.40. The normalized spacial score (nSPS) is 11.0. The predicted molar refractivity (Wildman–Crippen MR) is 72.1 cm³/mol. The maximum Gasteiger partial charge on any atom is 0.164 e. The molecule has 1 aromatic heterocycles. The van der Waals surface area contributed by atoms with Gasteiger partial charge in [-0.3, -0.25) is 0 Å². The van der Waals surface area contributed by atoms with Crippen LogP contribution < -0.4 is 0 Å². The van der Waals surface area contributed by atoms with Gasteiger partial charge in [-0.15, -0.1) is 0 Å². The standard InChI is InChI=1S/C9H2BrCl2FIN/c10-7-5(14)1-3-4(11)2-6(12)15-9(3)8(7)13/h1-2H. The first-order valence-corrected chi connectivity index (χ1v) is 6.42. The predicted octanol–water partition coefficient (Wildman–Crippen LogP) is 5.05. The molecule has 0 atom stereocenters. The molecule has 1 heterocycles. The molecule has 0 bridgehead atoms. The Morgan fingerprint density at radius 3 is 2.67 bits per heavy atom. The summed E-state index contributed by atoms with van der Waals surface area (Å²) in [5.41, 5.74) is 0.180. The van der Waals surface area contributed by atoms with Crippen LogP contribution in [0.4, 0.5) is 4.39 Å². The van der Waals surface area contributed by atoms with Gasteiger partial charge in [-0.1, -0.05) is 23.2 Å². The molecule has 0 unspecified atom stereocenters. The Morgan fingerprint density at radius 2 is 2.00 bits per heavy atom. The summed E-state index contributed by atoms with van der Waals surface area (Å²) in [4.78, 5) is 3.91. The Hall–Kier alpha value is 0.350. The zero-order valence-corrected chi connectivity index (χ0v) is 12.2. The van der Waals surface area contributed by atoms with Gasteiger partial charge in [0.15, 0.2) is 5.82 Å². The number of pyridine rings is 1. The van der Waals surface area contributed by atoms with Crippen LogP contribution in [0, 0.1) is 9.39 Å². The third-order valence-corrected chi connectivity index (χ3v) is 4.73. The highest BCUT2D eigenvalue weighted by molar-refractivity contribution is 14.1. The fourth-order valence-corrected chi connectivity index (χ4v) is 2.55. The highest BCUT2D eigenvalue weighted by Crippen LogP contribution is 2.33. The van der Waals surface area contributed by atoms with Crippen molar-refractivity contribution >= 4 is 72.6 Å². The van der Waals surface area contributed by atoms with Crippen molar-refractivity contribution in [3.8, 4) is 0 Å². The van der Waals surface area contributed by atoms with Crippen LogP contribution in [0.25, 0.3) is 10.9 Å².